The van der Waals surface area contributed by atoms with Gasteiger partial charge in [-0.3, -0.25) is 14.5 Å². The normalized spacial score (nSPS) is 11.1. The lowest BCUT2D eigenvalue weighted by atomic mass is 10.0. The van der Waals surface area contributed by atoms with Crippen LogP contribution in [0.4, 0.5) is 5.69 Å². The molecule has 37 heavy (non-hydrogen) atoms. The molecule has 4 aromatic carbocycles. The number of carbonyl (C=O) groups is 2. The summed E-state index contributed by atoms with van der Waals surface area (Å²) in [5.41, 5.74) is 3.84. The number of anilines is 1. The topological polar surface area (TPSA) is 74.8 Å². The van der Waals surface area contributed by atoms with Crippen molar-refractivity contribution < 1.29 is 18.0 Å². The summed E-state index contributed by atoms with van der Waals surface area (Å²) < 4.78 is 26.5. The average Bonchev–Trinajstić information content (AvgIpc) is 2.92. The van der Waals surface area contributed by atoms with Gasteiger partial charge in [0.15, 0.2) is 9.84 Å². The Bertz CT molecular complexity index is 1490. The zero-order valence-electron chi connectivity index (χ0n) is 20.7. The molecular formula is C30H28N2O4S. The molecule has 0 spiro atoms. The second kappa shape index (κ2) is 11.2. The van der Waals surface area contributed by atoms with Crippen LogP contribution in [0.1, 0.15) is 15.9 Å². The molecule has 0 saturated carbocycles. The number of para-hydroxylation sites is 1. The van der Waals surface area contributed by atoms with Crippen molar-refractivity contribution in [2.75, 3.05) is 24.4 Å². The Morgan fingerprint density at radius 3 is 1.95 bits per heavy atom. The maximum atomic E-state index is 13.6. The number of rotatable bonds is 8. The lowest BCUT2D eigenvalue weighted by molar-refractivity contribution is -0.126. The quantitative estimate of drug-likeness (QED) is 0.325. The van der Waals surface area contributed by atoms with Gasteiger partial charge >= 0.3 is 0 Å². The number of sulfone groups is 1. The first-order valence-electron chi connectivity index (χ1n) is 11.8. The highest BCUT2D eigenvalue weighted by molar-refractivity contribution is 7.91. The number of benzene rings is 4. The van der Waals surface area contributed by atoms with Crippen LogP contribution in [0.3, 0.4) is 0 Å². The van der Waals surface area contributed by atoms with Crippen molar-refractivity contribution >= 4 is 27.3 Å². The molecule has 0 heterocycles. The average molecular weight is 513 g/mol. The van der Waals surface area contributed by atoms with E-state index < -0.39 is 27.5 Å². The highest BCUT2D eigenvalue weighted by atomic mass is 32.2. The Morgan fingerprint density at radius 1 is 0.730 bits per heavy atom. The van der Waals surface area contributed by atoms with E-state index in [1.54, 1.807) is 54.4 Å². The van der Waals surface area contributed by atoms with Crippen molar-refractivity contribution in [2.45, 2.75) is 11.8 Å². The number of likely N-dealkylation sites (N-methyl/N-ethyl adjacent to an activating group) is 1. The van der Waals surface area contributed by atoms with E-state index in [4.69, 9.17) is 0 Å². The van der Waals surface area contributed by atoms with Crippen molar-refractivity contribution in [2.24, 2.45) is 0 Å². The fraction of sp³-hybridized carbons (Fsp3) is 0.133. The van der Waals surface area contributed by atoms with E-state index >= 15 is 0 Å². The van der Waals surface area contributed by atoms with Crippen molar-refractivity contribution in [3.63, 3.8) is 0 Å². The van der Waals surface area contributed by atoms with Crippen molar-refractivity contribution in [1.82, 2.24) is 4.90 Å². The first-order valence-corrected chi connectivity index (χ1v) is 13.5. The highest BCUT2D eigenvalue weighted by Gasteiger charge is 2.30. The molecule has 4 aromatic rings. The van der Waals surface area contributed by atoms with Crippen LogP contribution in [0.5, 0.6) is 0 Å². The largest absolute Gasteiger partial charge is 0.365 e. The predicted molar refractivity (Wildman–Crippen MR) is 146 cm³/mol. The van der Waals surface area contributed by atoms with Crippen LogP contribution in [0.25, 0.3) is 11.1 Å². The summed E-state index contributed by atoms with van der Waals surface area (Å²) in [6.07, 6.45) is 0. The highest BCUT2D eigenvalue weighted by Crippen LogP contribution is 2.30. The second-order valence-corrected chi connectivity index (χ2v) is 10.7. The van der Waals surface area contributed by atoms with Gasteiger partial charge in [0.05, 0.1) is 11.4 Å². The summed E-state index contributed by atoms with van der Waals surface area (Å²) in [4.78, 5) is 29.5. The lowest BCUT2D eigenvalue weighted by Gasteiger charge is -2.26. The number of hydrogen-bond acceptors (Lipinski definition) is 5. The summed E-state index contributed by atoms with van der Waals surface area (Å²) in [5, 5.41) is 0. The van der Waals surface area contributed by atoms with Gasteiger partial charge in [-0.05, 0) is 42.8 Å². The smallest absolute Gasteiger partial charge is 0.261 e. The summed E-state index contributed by atoms with van der Waals surface area (Å²) in [7, 11) is -2.21. The van der Waals surface area contributed by atoms with Gasteiger partial charge in [0.1, 0.15) is 5.88 Å². The number of carbonyl (C=O) groups excluding carboxylic acids is 2. The van der Waals surface area contributed by atoms with Gasteiger partial charge in [-0.15, -0.1) is 0 Å². The number of imide groups is 1. The zero-order valence-corrected chi connectivity index (χ0v) is 21.6. The minimum absolute atomic E-state index is 0.0551. The van der Waals surface area contributed by atoms with E-state index in [0.717, 1.165) is 27.3 Å². The molecule has 188 valence electrons. The van der Waals surface area contributed by atoms with Crippen LogP contribution in [0, 0.1) is 6.92 Å². The summed E-state index contributed by atoms with van der Waals surface area (Å²) in [6.45, 7) is 1.67. The SMILES string of the molecule is Cc1ccc(S(=O)(=O)CN(C(=O)CN(C)c2ccccc2-c2ccccc2)C(=O)c2ccccc2)cc1. The monoisotopic (exact) mass is 512 g/mol. The van der Waals surface area contributed by atoms with Gasteiger partial charge in [0, 0.05) is 23.9 Å². The lowest BCUT2D eigenvalue weighted by Crippen LogP contribution is -2.45. The fourth-order valence-electron chi connectivity index (χ4n) is 4.01. The second-order valence-electron chi connectivity index (χ2n) is 8.79. The van der Waals surface area contributed by atoms with Crippen molar-refractivity contribution in [1.29, 1.82) is 0 Å². The van der Waals surface area contributed by atoms with E-state index in [9.17, 15) is 18.0 Å². The molecule has 0 radical (unpaired) electrons. The Balaban J connectivity index is 1.64. The van der Waals surface area contributed by atoms with E-state index in [0.29, 0.717) is 0 Å². The maximum absolute atomic E-state index is 13.6. The Labute approximate surface area is 217 Å². The summed E-state index contributed by atoms with van der Waals surface area (Å²) in [6, 6.07) is 32.0. The minimum atomic E-state index is -3.96. The maximum Gasteiger partial charge on any atom is 0.261 e. The third-order valence-electron chi connectivity index (χ3n) is 6.02. The van der Waals surface area contributed by atoms with Crippen molar-refractivity contribution in [3.05, 3.63) is 120 Å². The number of aryl methyl sites for hydroxylation is 1. The third-order valence-corrected chi connectivity index (χ3v) is 7.61. The molecule has 2 amide bonds. The van der Waals surface area contributed by atoms with Crippen LogP contribution in [0.15, 0.2) is 114 Å². The van der Waals surface area contributed by atoms with Gasteiger partial charge in [-0.25, -0.2) is 8.42 Å². The number of nitrogens with zero attached hydrogens (tertiary/aromatic N) is 2. The van der Waals surface area contributed by atoms with Crippen LogP contribution in [-0.2, 0) is 14.6 Å². The summed E-state index contributed by atoms with van der Waals surface area (Å²) >= 11 is 0. The molecule has 6 nitrogen and oxygen atoms in total. The van der Waals surface area contributed by atoms with E-state index in [2.05, 4.69) is 0 Å². The van der Waals surface area contributed by atoms with Gasteiger partial charge in [0.2, 0.25) is 5.91 Å². The molecule has 0 N–H and O–H groups in total. The molecule has 7 heteroatoms. The number of hydrogen-bond donors (Lipinski definition) is 0. The first kappa shape index (κ1) is 25.9. The van der Waals surface area contributed by atoms with Crippen LogP contribution < -0.4 is 4.90 Å². The van der Waals surface area contributed by atoms with E-state index in [1.807, 2.05) is 61.5 Å². The van der Waals surface area contributed by atoms with Crippen molar-refractivity contribution in [3.8, 4) is 11.1 Å². The van der Waals surface area contributed by atoms with Crippen LogP contribution in [-0.4, -0.2) is 44.6 Å². The minimum Gasteiger partial charge on any atom is -0.365 e. The molecule has 0 bridgehead atoms. The first-order chi connectivity index (χ1) is 17.8. The molecule has 0 saturated heterocycles. The molecule has 0 aliphatic carbocycles. The molecule has 0 atom stereocenters. The third kappa shape index (κ3) is 6.13. The van der Waals surface area contributed by atoms with Crippen LogP contribution >= 0.6 is 0 Å². The Kier molecular flexibility index (Phi) is 7.84. The van der Waals surface area contributed by atoms with Crippen LogP contribution in [0.2, 0.25) is 0 Å². The Hall–Kier alpha value is -4.23. The summed E-state index contributed by atoms with van der Waals surface area (Å²) in [5.74, 6) is -2.03. The molecule has 0 unspecified atom stereocenters. The molecule has 4 rings (SSSR count). The standard InChI is InChI=1S/C30H28N2O4S/c1-23-17-19-26(20-18-23)37(35,36)22-32(30(34)25-13-7-4-8-14-25)29(33)21-31(2)28-16-10-9-15-27(28)24-11-5-3-6-12-24/h3-20H,21-22H2,1-2H3. The molecular weight excluding hydrogens is 484 g/mol. The molecule has 0 aliphatic heterocycles. The van der Waals surface area contributed by atoms with E-state index in [1.165, 1.54) is 12.1 Å². The molecule has 0 fully saturated rings. The Morgan fingerprint density at radius 2 is 1.30 bits per heavy atom. The van der Waals surface area contributed by atoms with Gasteiger partial charge in [-0.1, -0.05) is 84.4 Å². The molecule has 0 aromatic heterocycles. The zero-order chi connectivity index (χ0) is 26.4. The van der Waals surface area contributed by atoms with E-state index in [-0.39, 0.29) is 17.0 Å². The van der Waals surface area contributed by atoms with Gasteiger partial charge in [-0.2, -0.15) is 0 Å². The number of amides is 2. The fourth-order valence-corrected chi connectivity index (χ4v) is 5.31. The van der Waals surface area contributed by atoms with Gasteiger partial charge in [0.25, 0.3) is 5.91 Å². The predicted octanol–water partition coefficient (Wildman–Crippen LogP) is 5.20. The molecule has 0 aliphatic rings. The van der Waals surface area contributed by atoms with Gasteiger partial charge < -0.3 is 4.90 Å².